The molecule has 6 heteroatoms. The molecule has 19 heavy (non-hydrogen) atoms. The zero-order valence-corrected chi connectivity index (χ0v) is 12.6. The Bertz CT molecular complexity index is 378. The van der Waals surface area contributed by atoms with Gasteiger partial charge in [0.1, 0.15) is 9.84 Å². The van der Waals surface area contributed by atoms with Crippen LogP contribution in [0.2, 0.25) is 0 Å². The van der Waals surface area contributed by atoms with Gasteiger partial charge in [0.05, 0.1) is 31.2 Å². The number of likely N-dealkylation sites (N-methyl/N-ethyl adjacent to an activating group) is 1. The number of nitrogens with one attached hydrogen (secondary N) is 1. The summed E-state index contributed by atoms with van der Waals surface area (Å²) in [5.41, 5.74) is 0. The van der Waals surface area contributed by atoms with Crippen molar-refractivity contribution in [3.8, 4) is 0 Å². The molecule has 1 heterocycles. The van der Waals surface area contributed by atoms with Crippen molar-refractivity contribution in [1.29, 1.82) is 0 Å². The first-order chi connectivity index (χ1) is 9.02. The SMILES string of the molecule is CNC(C1CCCC(S(C)(=O)=O)C1)C1COCCO1. The molecule has 0 aromatic heterocycles. The van der Waals surface area contributed by atoms with Crippen LogP contribution in [0.25, 0.3) is 0 Å². The highest BCUT2D eigenvalue weighted by Gasteiger charge is 2.36. The standard InChI is InChI=1S/C13H25NO4S/c1-14-13(12-9-17-6-7-18-12)10-4-3-5-11(8-10)19(2,15)16/h10-14H,3-9H2,1-2H3. The number of sulfone groups is 1. The van der Waals surface area contributed by atoms with Gasteiger partial charge in [-0.05, 0) is 32.2 Å². The Morgan fingerprint density at radius 1 is 1.26 bits per heavy atom. The van der Waals surface area contributed by atoms with Gasteiger partial charge in [-0.25, -0.2) is 8.42 Å². The fourth-order valence-corrected chi connectivity index (χ4v) is 4.53. The predicted molar refractivity (Wildman–Crippen MR) is 74.0 cm³/mol. The topological polar surface area (TPSA) is 64.6 Å². The number of rotatable bonds is 4. The number of hydrogen-bond donors (Lipinski definition) is 1. The smallest absolute Gasteiger partial charge is 0.150 e. The van der Waals surface area contributed by atoms with Gasteiger partial charge in [0.15, 0.2) is 0 Å². The second-order valence-electron chi connectivity index (χ2n) is 5.68. The third-order valence-electron chi connectivity index (χ3n) is 4.36. The summed E-state index contributed by atoms with van der Waals surface area (Å²) in [5, 5.41) is 3.13. The van der Waals surface area contributed by atoms with Gasteiger partial charge in [-0.15, -0.1) is 0 Å². The first kappa shape index (κ1) is 15.2. The Morgan fingerprint density at radius 2 is 2.05 bits per heavy atom. The van der Waals surface area contributed by atoms with Gasteiger partial charge in [-0.2, -0.15) is 0 Å². The first-order valence-corrected chi connectivity index (χ1v) is 9.03. The van der Waals surface area contributed by atoms with Crippen LogP contribution in [-0.2, 0) is 19.3 Å². The Hall–Kier alpha value is -0.170. The van der Waals surface area contributed by atoms with Crippen molar-refractivity contribution in [3.63, 3.8) is 0 Å². The molecule has 1 aliphatic heterocycles. The minimum absolute atomic E-state index is 0.0436. The lowest BCUT2D eigenvalue weighted by Gasteiger charge is -2.39. The fourth-order valence-electron chi connectivity index (χ4n) is 3.33. The summed E-state index contributed by atoms with van der Waals surface area (Å²) in [6, 6.07) is 0.185. The number of ether oxygens (including phenoxy) is 2. The van der Waals surface area contributed by atoms with Crippen LogP contribution in [0.3, 0.4) is 0 Å². The average Bonchev–Trinajstić information content (AvgIpc) is 2.40. The summed E-state index contributed by atoms with van der Waals surface area (Å²) < 4.78 is 34.7. The second kappa shape index (κ2) is 6.52. The molecule has 0 amide bonds. The third-order valence-corrected chi connectivity index (χ3v) is 5.99. The van der Waals surface area contributed by atoms with Crippen molar-refractivity contribution < 1.29 is 17.9 Å². The first-order valence-electron chi connectivity index (χ1n) is 7.08. The molecule has 4 atom stereocenters. The highest BCUT2D eigenvalue weighted by atomic mass is 32.2. The summed E-state index contributed by atoms with van der Waals surface area (Å²) >= 11 is 0. The van der Waals surface area contributed by atoms with Crippen LogP contribution in [0.4, 0.5) is 0 Å². The lowest BCUT2D eigenvalue weighted by Crippen LogP contribution is -2.51. The monoisotopic (exact) mass is 291 g/mol. The highest BCUT2D eigenvalue weighted by molar-refractivity contribution is 7.91. The molecule has 5 nitrogen and oxygen atoms in total. The van der Waals surface area contributed by atoms with Gasteiger partial charge in [0.2, 0.25) is 0 Å². The third kappa shape index (κ3) is 3.90. The lowest BCUT2D eigenvalue weighted by atomic mass is 9.81. The van der Waals surface area contributed by atoms with Crippen LogP contribution in [0, 0.1) is 5.92 Å². The molecule has 1 aliphatic carbocycles. The molecular formula is C13H25NO4S. The van der Waals surface area contributed by atoms with E-state index in [0.29, 0.717) is 25.7 Å². The average molecular weight is 291 g/mol. The Balaban J connectivity index is 2.01. The van der Waals surface area contributed by atoms with E-state index in [4.69, 9.17) is 9.47 Å². The molecule has 4 unspecified atom stereocenters. The molecule has 0 aromatic carbocycles. The molecular weight excluding hydrogens is 266 g/mol. The molecule has 112 valence electrons. The zero-order valence-electron chi connectivity index (χ0n) is 11.8. The lowest BCUT2D eigenvalue weighted by molar-refractivity contribution is -0.109. The Kier molecular flexibility index (Phi) is 5.22. The van der Waals surface area contributed by atoms with E-state index in [1.807, 2.05) is 7.05 Å². The van der Waals surface area contributed by atoms with Gasteiger partial charge in [0, 0.05) is 12.3 Å². The van der Waals surface area contributed by atoms with Gasteiger partial charge in [-0.1, -0.05) is 6.42 Å². The quantitative estimate of drug-likeness (QED) is 0.821. The van der Waals surface area contributed by atoms with E-state index in [9.17, 15) is 8.42 Å². The van der Waals surface area contributed by atoms with Crippen LogP contribution in [0.5, 0.6) is 0 Å². The Labute approximate surface area is 116 Å². The van der Waals surface area contributed by atoms with E-state index in [1.54, 1.807) is 0 Å². The summed E-state index contributed by atoms with van der Waals surface area (Å²) in [7, 11) is -1.01. The molecule has 2 rings (SSSR count). The highest BCUT2D eigenvalue weighted by Crippen LogP contribution is 2.32. The van der Waals surface area contributed by atoms with Gasteiger partial charge < -0.3 is 14.8 Å². The maximum Gasteiger partial charge on any atom is 0.150 e. The molecule has 1 N–H and O–H groups in total. The van der Waals surface area contributed by atoms with Gasteiger partial charge in [-0.3, -0.25) is 0 Å². The van der Waals surface area contributed by atoms with Crippen LogP contribution in [-0.4, -0.2) is 58.9 Å². The number of hydrogen-bond acceptors (Lipinski definition) is 5. The van der Waals surface area contributed by atoms with E-state index in [2.05, 4.69) is 5.32 Å². The van der Waals surface area contributed by atoms with E-state index in [0.717, 1.165) is 25.7 Å². The second-order valence-corrected chi connectivity index (χ2v) is 8.00. The van der Waals surface area contributed by atoms with Crippen molar-refractivity contribution in [2.75, 3.05) is 33.1 Å². The van der Waals surface area contributed by atoms with Crippen LogP contribution < -0.4 is 5.32 Å². The van der Waals surface area contributed by atoms with Crippen molar-refractivity contribution in [1.82, 2.24) is 5.32 Å². The summed E-state index contributed by atoms with van der Waals surface area (Å²) in [4.78, 5) is 0. The normalized spacial score (nSPS) is 34.9. The maximum absolute atomic E-state index is 11.7. The zero-order chi connectivity index (χ0) is 13.9. The van der Waals surface area contributed by atoms with Crippen LogP contribution in [0.15, 0.2) is 0 Å². The summed E-state index contributed by atoms with van der Waals surface area (Å²) in [6.07, 6.45) is 4.99. The minimum Gasteiger partial charge on any atom is -0.376 e. The molecule has 1 saturated carbocycles. The summed E-state index contributed by atoms with van der Waals surface area (Å²) in [6.45, 7) is 1.89. The molecule has 0 bridgehead atoms. The van der Waals surface area contributed by atoms with Crippen molar-refractivity contribution >= 4 is 9.84 Å². The van der Waals surface area contributed by atoms with E-state index >= 15 is 0 Å². The van der Waals surface area contributed by atoms with Gasteiger partial charge >= 0.3 is 0 Å². The molecule has 2 fully saturated rings. The van der Waals surface area contributed by atoms with Crippen molar-refractivity contribution in [3.05, 3.63) is 0 Å². The molecule has 0 radical (unpaired) electrons. The minimum atomic E-state index is -2.93. The van der Waals surface area contributed by atoms with E-state index in [1.165, 1.54) is 6.26 Å². The van der Waals surface area contributed by atoms with Crippen LogP contribution >= 0.6 is 0 Å². The van der Waals surface area contributed by atoms with E-state index < -0.39 is 9.84 Å². The molecule has 0 spiro atoms. The van der Waals surface area contributed by atoms with Crippen molar-refractivity contribution in [2.24, 2.45) is 5.92 Å². The molecule has 0 aromatic rings. The summed E-state index contributed by atoms with van der Waals surface area (Å²) in [5.74, 6) is 0.352. The van der Waals surface area contributed by atoms with Crippen LogP contribution in [0.1, 0.15) is 25.7 Å². The maximum atomic E-state index is 11.7. The molecule has 1 saturated heterocycles. The molecule has 2 aliphatic rings. The van der Waals surface area contributed by atoms with Gasteiger partial charge in [0.25, 0.3) is 0 Å². The fraction of sp³-hybridized carbons (Fsp3) is 1.00. The predicted octanol–water partition coefficient (Wildman–Crippen LogP) is 0.593. The van der Waals surface area contributed by atoms with Crippen molar-refractivity contribution in [2.45, 2.75) is 43.1 Å². The Morgan fingerprint density at radius 3 is 2.63 bits per heavy atom. The van der Waals surface area contributed by atoms with E-state index in [-0.39, 0.29) is 17.4 Å². The largest absolute Gasteiger partial charge is 0.376 e.